The highest BCUT2D eigenvalue weighted by molar-refractivity contribution is 7.98. The minimum absolute atomic E-state index is 0.171. The molecule has 1 aliphatic carbocycles. The Balaban J connectivity index is 1.52. The minimum Gasteiger partial charge on any atom is -0.300 e. The normalized spacial score (nSPS) is 22.1. The van der Waals surface area contributed by atoms with E-state index >= 15 is 0 Å². The molecule has 1 aliphatic heterocycles. The maximum atomic E-state index is 13.1. The third-order valence-corrected chi connectivity index (χ3v) is 7.29. The summed E-state index contributed by atoms with van der Waals surface area (Å²) in [7, 11) is 0. The standard InChI is InChI=1S/C22H25N3O3S2/c1-29-12-11-18(25-20(27)15-9-5-6-10-16(15)21(25)28)19(26)24-22-23-17(13-30-22)14-7-3-2-4-8-14/h2-4,7-8,13,15-16,18H,5-6,9-12H2,1H3,(H,23,24,26). The fourth-order valence-corrected chi connectivity index (χ4v) is 5.54. The van der Waals surface area contributed by atoms with Crippen molar-refractivity contribution < 1.29 is 14.4 Å². The zero-order valence-electron chi connectivity index (χ0n) is 16.9. The Labute approximate surface area is 184 Å². The Morgan fingerprint density at radius 2 is 1.87 bits per heavy atom. The molecule has 1 aromatic heterocycles. The first-order chi connectivity index (χ1) is 14.6. The average molecular weight is 444 g/mol. The maximum Gasteiger partial charge on any atom is 0.249 e. The molecular weight excluding hydrogens is 418 g/mol. The lowest BCUT2D eigenvalue weighted by molar-refractivity contribution is -0.146. The Morgan fingerprint density at radius 3 is 2.50 bits per heavy atom. The molecule has 2 aromatic rings. The van der Waals surface area contributed by atoms with Crippen molar-refractivity contribution in [3.8, 4) is 11.3 Å². The highest BCUT2D eigenvalue weighted by Gasteiger charge is 2.51. The molecule has 1 aromatic carbocycles. The third-order valence-electron chi connectivity index (χ3n) is 5.89. The molecule has 3 unspecified atom stereocenters. The van der Waals surface area contributed by atoms with Crippen molar-refractivity contribution in [2.75, 3.05) is 17.3 Å². The molecule has 2 aliphatic rings. The summed E-state index contributed by atoms with van der Waals surface area (Å²) >= 11 is 2.94. The lowest BCUT2D eigenvalue weighted by Crippen LogP contribution is -2.48. The first kappa shape index (κ1) is 21.1. The number of hydrogen-bond acceptors (Lipinski definition) is 6. The molecular formula is C22H25N3O3S2. The molecule has 8 heteroatoms. The van der Waals surface area contributed by atoms with Crippen molar-refractivity contribution >= 4 is 46.0 Å². The summed E-state index contributed by atoms with van der Waals surface area (Å²) in [6.45, 7) is 0. The predicted molar refractivity (Wildman–Crippen MR) is 120 cm³/mol. The van der Waals surface area contributed by atoms with E-state index in [0.29, 0.717) is 17.3 Å². The van der Waals surface area contributed by atoms with Gasteiger partial charge in [-0.2, -0.15) is 11.8 Å². The molecule has 30 heavy (non-hydrogen) atoms. The van der Waals surface area contributed by atoms with Crippen LogP contribution in [0, 0.1) is 11.8 Å². The van der Waals surface area contributed by atoms with Crippen LogP contribution in [0.15, 0.2) is 35.7 Å². The zero-order valence-corrected chi connectivity index (χ0v) is 18.5. The van der Waals surface area contributed by atoms with Gasteiger partial charge in [-0.05, 0) is 31.3 Å². The van der Waals surface area contributed by atoms with Crippen LogP contribution >= 0.6 is 23.1 Å². The third kappa shape index (κ3) is 4.16. The maximum absolute atomic E-state index is 13.1. The van der Waals surface area contributed by atoms with E-state index in [1.807, 2.05) is 42.0 Å². The quantitative estimate of drug-likeness (QED) is 0.653. The second-order valence-corrected chi connectivity index (χ2v) is 9.58. The van der Waals surface area contributed by atoms with Gasteiger partial charge in [-0.15, -0.1) is 11.3 Å². The van der Waals surface area contributed by atoms with E-state index in [4.69, 9.17) is 0 Å². The number of thioether (sulfide) groups is 1. The number of aromatic nitrogens is 1. The van der Waals surface area contributed by atoms with Gasteiger partial charge in [-0.3, -0.25) is 19.3 Å². The van der Waals surface area contributed by atoms with E-state index in [1.165, 1.54) is 16.2 Å². The highest BCUT2D eigenvalue weighted by Crippen LogP contribution is 2.39. The number of rotatable bonds is 7. The largest absolute Gasteiger partial charge is 0.300 e. The molecule has 2 heterocycles. The van der Waals surface area contributed by atoms with Crippen LogP contribution in [-0.4, -0.2) is 45.7 Å². The molecule has 3 amide bonds. The monoisotopic (exact) mass is 443 g/mol. The van der Waals surface area contributed by atoms with Gasteiger partial charge in [0, 0.05) is 10.9 Å². The Kier molecular flexibility index (Phi) is 6.53. The summed E-state index contributed by atoms with van der Waals surface area (Å²) < 4.78 is 0. The summed E-state index contributed by atoms with van der Waals surface area (Å²) in [6.07, 6.45) is 5.83. The first-order valence-corrected chi connectivity index (χ1v) is 12.5. The zero-order chi connectivity index (χ0) is 21.1. The van der Waals surface area contributed by atoms with E-state index in [0.717, 1.165) is 36.9 Å². The van der Waals surface area contributed by atoms with Gasteiger partial charge in [0.15, 0.2) is 5.13 Å². The van der Waals surface area contributed by atoms with Crippen LogP contribution < -0.4 is 5.32 Å². The highest BCUT2D eigenvalue weighted by atomic mass is 32.2. The van der Waals surface area contributed by atoms with Crippen molar-refractivity contribution in [2.24, 2.45) is 11.8 Å². The number of likely N-dealkylation sites (tertiary alicyclic amines) is 1. The molecule has 0 radical (unpaired) electrons. The van der Waals surface area contributed by atoms with Gasteiger partial charge in [0.2, 0.25) is 17.7 Å². The molecule has 3 atom stereocenters. The summed E-state index contributed by atoms with van der Waals surface area (Å²) in [5.74, 6) is -0.485. The van der Waals surface area contributed by atoms with Gasteiger partial charge < -0.3 is 5.32 Å². The SMILES string of the molecule is CSCCC(C(=O)Nc1nc(-c2ccccc2)cs1)N1C(=O)C2CCCCC2C1=O. The fourth-order valence-electron chi connectivity index (χ4n) is 4.36. The molecule has 0 spiro atoms. The van der Waals surface area contributed by atoms with Crippen molar-refractivity contribution in [3.05, 3.63) is 35.7 Å². The number of benzene rings is 1. The van der Waals surface area contributed by atoms with Crippen LogP contribution in [0.25, 0.3) is 11.3 Å². The van der Waals surface area contributed by atoms with Crippen LogP contribution in [0.3, 0.4) is 0 Å². The molecule has 158 valence electrons. The Hall–Kier alpha value is -2.19. The number of fused-ring (bicyclic) bond motifs is 1. The van der Waals surface area contributed by atoms with Crippen molar-refractivity contribution in [1.82, 2.24) is 9.88 Å². The van der Waals surface area contributed by atoms with E-state index in [2.05, 4.69) is 10.3 Å². The molecule has 1 saturated heterocycles. The summed E-state index contributed by atoms with van der Waals surface area (Å²) in [6, 6.07) is 8.96. The van der Waals surface area contributed by atoms with Gasteiger partial charge in [-0.25, -0.2) is 4.98 Å². The molecule has 1 saturated carbocycles. The molecule has 2 fully saturated rings. The minimum atomic E-state index is -0.785. The Morgan fingerprint density at radius 1 is 1.20 bits per heavy atom. The van der Waals surface area contributed by atoms with E-state index in [9.17, 15) is 14.4 Å². The number of nitrogens with zero attached hydrogens (tertiary/aromatic N) is 2. The molecule has 4 rings (SSSR count). The lowest BCUT2D eigenvalue weighted by atomic mass is 9.81. The van der Waals surface area contributed by atoms with E-state index in [-0.39, 0.29) is 29.6 Å². The van der Waals surface area contributed by atoms with Gasteiger partial charge >= 0.3 is 0 Å². The molecule has 6 nitrogen and oxygen atoms in total. The number of hydrogen-bond donors (Lipinski definition) is 1. The number of thiazole rings is 1. The topological polar surface area (TPSA) is 79.4 Å². The van der Waals surface area contributed by atoms with Gasteiger partial charge in [0.25, 0.3) is 0 Å². The number of carbonyl (C=O) groups excluding carboxylic acids is 3. The first-order valence-electron chi connectivity index (χ1n) is 10.3. The summed E-state index contributed by atoms with van der Waals surface area (Å²) in [4.78, 5) is 44.9. The summed E-state index contributed by atoms with van der Waals surface area (Å²) in [5, 5.41) is 5.22. The Bertz CT molecular complexity index is 907. The number of amides is 3. The van der Waals surface area contributed by atoms with Crippen LogP contribution in [0.5, 0.6) is 0 Å². The molecule has 0 bridgehead atoms. The van der Waals surface area contributed by atoms with Crippen molar-refractivity contribution in [3.63, 3.8) is 0 Å². The second kappa shape index (κ2) is 9.31. The van der Waals surface area contributed by atoms with E-state index < -0.39 is 6.04 Å². The second-order valence-electron chi connectivity index (χ2n) is 7.73. The van der Waals surface area contributed by atoms with Crippen LogP contribution in [0.2, 0.25) is 0 Å². The van der Waals surface area contributed by atoms with Crippen molar-refractivity contribution in [1.29, 1.82) is 0 Å². The number of carbonyl (C=O) groups is 3. The average Bonchev–Trinajstić information content (AvgIpc) is 3.33. The van der Waals surface area contributed by atoms with Gasteiger partial charge in [-0.1, -0.05) is 43.2 Å². The van der Waals surface area contributed by atoms with Gasteiger partial charge in [0.1, 0.15) is 6.04 Å². The lowest BCUT2D eigenvalue weighted by Gasteiger charge is -2.25. The number of imide groups is 1. The van der Waals surface area contributed by atoms with E-state index in [1.54, 1.807) is 11.8 Å². The van der Waals surface area contributed by atoms with Crippen LogP contribution in [0.1, 0.15) is 32.1 Å². The van der Waals surface area contributed by atoms with Crippen LogP contribution in [0.4, 0.5) is 5.13 Å². The van der Waals surface area contributed by atoms with Gasteiger partial charge in [0.05, 0.1) is 17.5 Å². The smallest absolute Gasteiger partial charge is 0.249 e. The predicted octanol–water partition coefficient (Wildman–Crippen LogP) is 4.05. The fraction of sp³-hybridized carbons (Fsp3) is 0.455. The van der Waals surface area contributed by atoms with Crippen LogP contribution in [-0.2, 0) is 14.4 Å². The summed E-state index contributed by atoms with van der Waals surface area (Å²) in [5.41, 5.74) is 1.76. The number of anilines is 1. The number of nitrogens with one attached hydrogen (secondary N) is 1. The van der Waals surface area contributed by atoms with Crippen molar-refractivity contribution in [2.45, 2.75) is 38.1 Å². The molecule has 1 N–H and O–H groups in total.